The molecule has 0 N–H and O–H groups in total. The first-order chi connectivity index (χ1) is 8.70. The molecule has 0 aliphatic heterocycles. The predicted molar refractivity (Wildman–Crippen MR) is 75.5 cm³/mol. The fourth-order valence-electron chi connectivity index (χ4n) is 1.74. The summed E-state index contributed by atoms with van der Waals surface area (Å²) in [5.74, 6) is 1.62. The van der Waals surface area contributed by atoms with Crippen LogP contribution in [0.3, 0.4) is 0 Å². The van der Waals surface area contributed by atoms with Crippen molar-refractivity contribution in [2.24, 2.45) is 0 Å². The van der Waals surface area contributed by atoms with Crippen molar-refractivity contribution in [1.29, 1.82) is 0 Å². The van der Waals surface area contributed by atoms with Gasteiger partial charge in [0.15, 0.2) is 0 Å². The van der Waals surface area contributed by atoms with Gasteiger partial charge in [0.05, 0.1) is 0 Å². The molecular weight excluding hydrogens is 246 g/mol. The van der Waals surface area contributed by atoms with Gasteiger partial charge in [-0.1, -0.05) is 36.7 Å². The summed E-state index contributed by atoms with van der Waals surface area (Å²) in [7, 11) is 1.98. The molecule has 0 amide bonds. The lowest BCUT2D eigenvalue weighted by atomic mass is 10.3. The third-order valence-electron chi connectivity index (χ3n) is 2.69. The molecule has 0 bridgehead atoms. The summed E-state index contributed by atoms with van der Waals surface area (Å²) < 4.78 is 0. The Morgan fingerprint density at radius 1 is 1.17 bits per heavy atom. The number of para-hydroxylation sites is 1. The van der Waals surface area contributed by atoms with Crippen molar-refractivity contribution in [3.8, 4) is 0 Å². The Morgan fingerprint density at radius 2 is 1.89 bits per heavy atom. The summed E-state index contributed by atoms with van der Waals surface area (Å²) in [5, 5.41) is 0.492. The van der Waals surface area contributed by atoms with Gasteiger partial charge in [-0.05, 0) is 18.6 Å². The molecule has 0 radical (unpaired) electrons. The lowest BCUT2D eigenvalue weighted by Gasteiger charge is -2.18. The molecule has 0 aliphatic carbocycles. The molecule has 3 nitrogen and oxygen atoms in total. The summed E-state index contributed by atoms with van der Waals surface area (Å²) in [4.78, 5) is 10.8. The minimum Gasteiger partial charge on any atom is -0.329 e. The van der Waals surface area contributed by atoms with E-state index in [-0.39, 0.29) is 0 Å². The first-order valence-electron chi connectivity index (χ1n) is 6.03. The SMILES string of the molecule is CCCc1nc(Cl)cc(N(C)c2ccccc2)n1. The molecule has 0 aliphatic rings. The Morgan fingerprint density at radius 3 is 2.56 bits per heavy atom. The zero-order valence-electron chi connectivity index (χ0n) is 10.6. The van der Waals surface area contributed by atoms with E-state index < -0.39 is 0 Å². The molecule has 0 saturated heterocycles. The van der Waals surface area contributed by atoms with Crippen LogP contribution in [0.15, 0.2) is 36.4 Å². The highest BCUT2D eigenvalue weighted by Crippen LogP contribution is 2.23. The maximum Gasteiger partial charge on any atom is 0.137 e. The van der Waals surface area contributed by atoms with Gasteiger partial charge in [0, 0.05) is 25.2 Å². The Hall–Kier alpha value is -1.61. The van der Waals surface area contributed by atoms with Gasteiger partial charge in [-0.15, -0.1) is 0 Å². The Kier molecular flexibility index (Phi) is 4.15. The smallest absolute Gasteiger partial charge is 0.137 e. The molecule has 0 unspecified atom stereocenters. The van der Waals surface area contributed by atoms with Gasteiger partial charge in [-0.25, -0.2) is 9.97 Å². The monoisotopic (exact) mass is 261 g/mol. The largest absolute Gasteiger partial charge is 0.329 e. The average Bonchev–Trinajstić information content (AvgIpc) is 2.38. The van der Waals surface area contributed by atoms with Crippen LogP contribution in [-0.2, 0) is 6.42 Å². The fourth-order valence-corrected chi connectivity index (χ4v) is 1.94. The van der Waals surface area contributed by atoms with Gasteiger partial charge in [0.2, 0.25) is 0 Å². The molecule has 2 aromatic rings. The maximum absolute atomic E-state index is 6.04. The molecule has 0 atom stereocenters. The van der Waals surface area contributed by atoms with Gasteiger partial charge in [-0.2, -0.15) is 0 Å². The van der Waals surface area contributed by atoms with Crippen molar-refractivity contribution in [3.05, 3.63) is 47.4 Å². The van der Waals surface area contributed by atoms with Crippen LogP contribution in [-0.4, -0.2) is 17.0 Å². The number of hydrogen-bond donors (Lipinski definition) is 0. The van der Waals surface area contributed by atoms with Gasteiger partial charge in [-0.3, -0.25) is 0 Å². The first-order valence-corrected chi connectivity index (χ1v) is 6.40. The minimum absolute atomic E-state index is 0.492. The van der Waals surface area contributed by atoms with Crippen molar-refractivity contribution >= 4 is 23.1 Å². The summed E-state index contributed by atoms with van der Waals surface area (Å²) in [5.41, 5.74) is 1.08. The molecule has 2 rings (SSSR count). The first kappa shape index (κ1) is 12.8. The summed E-state index contributed by atoms with van der Waals surface area (Å²) in [6, 6.07) is 11.9. The van der Waals surface area contributed by atoms with Crippen LogP contribution < -0.4 is 4.90 Å². The summed E-state index contributed by atoms with van der Waals surface area (Å²) >= 11 is 6.04. The van der Waals surface area contributed by atoms with Crippen LogP contribution in [0.4, 0.5) is 11.5 Å². The molecule has 1 heterocycles. The van der Waals surface area contributed by atoms with E-state index in [1.165, 1.54) is 0 Å². The standard InChI is InChI=1S/C14H16ClN3/c1-3-7-13-16-12(15)10-14(17-13)18(2)11-8-5-4-6-9-11/h4-6,8-10H,3,7H2,1-2H3. The van der Waals surface area contributed by atoms with E-state index in [0.717, 1.165) is 30.2 Å². The third kappa shape index (κ3) is 2.99. The quantitative estimate of drug-likeness (QED) is 0.783. The molecule has 1 aromatic carbocycles. The number of anilines is 2. The van der Waals surface area contributed by atoms with E-state index in [1.807, 2.05) is 42.3 Å². The van der Waals surface area contributed by atoms with E-state index in [2.05, 4.69) is 16.9 Å². The van der Waals surface area contributed by atoms with Gasteiger partial charge in [0.1, 0.15) is 16.8 Å². The molecule has 18 heavy (non-hydrogen) atoms. The van der Waals surface area contributed by atoms with Crippen molar-refractivity contribution in [1.82, 2.24) is 9.97 Å². The second kappa shape index (κ2) is 5.83. The number of nitrogens with zero attached hydrogens (tertiary/aromatic N) is 3. The molecule has 4 heteroatoms. The van der Waals surface area contributed by atoms with Crippen LogP contribution >= 0.6 is 11.6 Å². The Labute approximate surface area is 112 Å². The molecule has 1 aromatic heterocycles. The average molecular weight is 262 g/mol. The number of rotatable bonds is 4. The molecule has 94 valence electrons. The molecule has 0 fully saturated rings. The second-order valence-electron chi connectivity index (χ2n) is 4.11. The highest BCUT2D eigenvalue weighted by Gasteiger charge is 2.08. The number of aryl methyl sites for hydroxylation is 1. The molecule has 0 saturated carbocycles. The second-order valence-corrected chi connectivity index (χ2v) is 4.50. The summed E-state index contributed by atoms with van der Waals surface area (Å²) in [6.07, 6.45) is 1.85. The van der Waals surface area contributed by atoms with E-state index in [0.29, 0.717) is 5.15 Å². The van der Waals surface area contributed by atoms with Crippen molar-refractivity contribution in [2.45, 2.75) is 19.8 Å². The van der Waals surface area contributed by atoms with Crippen LogP contribution in [0, 0.1) is 0 Å². The zero-order valence-corrected chi connectivity index (χ0v) is 11.4. The van der Waals surface area contributed by atoms with E-state index in [9.17, 15) is 0 Å². The van der Waals surface area contributed by atoms with Crippen LogP contribution in [0.25, 0.3) is 0 Å². The highest BCUT2D eigenvalue weighted by atomic mass is 35.5. The summed E-state index contributed by atoms with van der Waals surface area (Å²) in [6.45, 7) is 2.10. The van der Waals surface area contributed by atoms with Crippen LogP contribution in [0.2, 0.25) is 5.15 Å². The Balaban J connectivity index is 2.33. The van der Waals surface area contributed by atoms with E-state index in [4.69, 9.17) is 11.6 Å². The van der Waals surface area contributed by atoms with Gasteiger partial charge in [0.25, 0.3) is 0 Å². The van der Waals surface area contributed by atoms with Crippen molar-refractivity contribution < 1.29 is 0 Å². The fraction of sp³-hybridized carbons (Fsp3) is 0.286. The van der Waals surface area contributed by atoms with Gasteiger partial charge < -0.3 is 4.90 Å². The molecular formula is C14H16ClN3. The van der Waals surface area contributed by atoms with Gasteiger partial charge >= 0.3 is 0 Å². The normalized spacial score (nSPS) is 10.4. The topological polar surface area (TPSA) is 29.0 Å². The lowest BCUT2D eigenvalue weighted by molar-refractivity contribution is 0.831. The van der Waals surface area contributed by atoms with E-state index in [1.54, 1.807) is 6.07 Å². The van der Waals surface area contributed by atoms with Crippen molar-refractivity contribution in [3.63, 3.8) is 0 Å². The van der Waals surface area contributed by atoms with Crippen LogP contribution in [0.5, 0.6) is 0 Å². The van der Waals surface area contributed by atoms with Crippen LogP contribution in [0.1, 0.15) is 19.2 Å². The number of hydrogen-bond acceptors (Lipinski definition) is 3. The highest BCUT2D eigenvalue weighted by molar-refractivity contribution is 6.29. The van der Waals surface area contributed by atoms with Crippen molar-refractivity contribution in [2.75, 3.05) is 11.9 Å². The molecule has 0 spiro atoms. The van der Waals surface area contributed by atoms with E-state index >= 15 is 0 Å². The lowest BCUT2D eigenvalue weighted by Crippen LogP contribution is -2.12. The minimum atomic E-state index is 0.492. The maximum atomic E-state index is 6.04. The number of halogens is 1. The third-order valence-corrected chi connectivity index (χ3v) is 2.88. The number of aromatic nitrogens is 2. The predicted octanol–water partition coefficient (Wildman–Crippen LogP) is 3.85. The zero-order chi connectivity index (χ0) is 13.0. The number of benzene rings is 1. The Bertz CT molecular complexity index is 514.